The zero-order chi connectivity index (χ0) is 16.6. The number of aromatic nitrogens is 1. The van der Waals surface area contributed by atoms with Gasteiger partial charge in [-0.3, -0.25) is 14.9 Å². The summed E-state index contributed by atoms with van der Waals surface area (Å²) in [6, 6.07) is 6.85. The number of anilines is 1. The van der Waals surface area contributed by atoms with Crippen LogP contribution in [0.3, 0.4) is 0 Å². The first-order chi connectivity index (χ1) is 11.0. The smallest absolute Gasteiger partial charge is 0.277 e. The second kappa shape index (κ2) is 6.00. The molecule has 0 atom stereocenters. The number of nitro groups is 1. The van der Waals surface area contributed by atoms with Crippen LogP contribution in [-0.2, 0) is 0 Å². The number of benzene rings is 1. The number of aromatic amines is 1. The van der Waals surface area contributed by atoms with E-state index in [2.05, 4.69) is 28.9 Å². The van der Waals surface area contributed by atoms with Gasteiger partial charge >= 0.3 is 0 Å². The molecular formula is C16H20N4O3. The van der Waals surface area contributed by atoms with Gasteiger partial charge in [0.2, 0.25) is 0 Å². The molecule has 2 aromatic rings. The summed E-state index contributed by atoms with van der Waals surface area (Å²) >= 11 is 0. The van der Waals surface area contributed by atoms with E-state index in [9.17, 15) is 14.9 Å². The van der Waals surface area contributed by atoms with Crippen LogP contribution >= 0.6 is 0 Å². The summed E-state index contributed by atoms with van der Waals surface area (Å²) in [5, 5.41) is 12.0. The highest BCUT2D eigenvalue weighted by Crippen LogP contribution is 2.27. The van der Waals surface area contributed by atoms with Crippen molar-refractivity contribution in [2.45, 2.75) is 18.9 Å². The number of rotatable bonds is 3. The van der Waals surface area contributed by atoms with Crippen molar-refractivity contribution in [2.75, 3.05) is 32.1 Å². The van der Waals surface area contributed by atoms with Crippen LogP contribution in [-0.4, -0.2) is 48.0 Å². The fourth-order valence-electron chi connectivity index (χ4n) is 3.21. The van der Waals surface area contributed by atoms with Crippen LogP contribution in [0.5, 0.6) is 0 Å². The first kappa shape index (κ1) is 15.5. The van der Waals surface area contributed by atoms with Gasteiger partial charge in [0.05, 0.1) is 15.7 Å². The van der Waals surface area contributed by atoms with Crippen molar-refractivity contribution in [1.29, 1.82) is 0 Å². The molecule has 7 nitrogen and oxygen atoms in total. The number of H-pyrrole nitrogens is 1. The number of pyridine rings is 1. The molecule has 1 aromatic heterocycles. The molecule has 7 heteroatoms. The summed E-state index contributed by atoms with van der Waals surface area (Å²) < 4.78 is 0. The summed E-state index contributed by atoms with van der Waals surface area (Å²) in [5.41, 5.74) is -0.311. The maximum absolute atomic E-state index is 12.3. The molecule has 3 rings (SSSR count). The molecule has 23 heavy (non-hydrogen) atoms. The first-order valence-electron chi connectivity index (χ1n) is 7.69. The summed E-state index contributed by atoms with van der Waals surface area (Å²) in [6.45, 7) is 1.65. The van der Waals surface area contributed by atoms with Crippen LogP contribution in [0.4, 0.5) is 11.5 Å². The van der Waals surface area contributed by atoms with Gasteiger partial charge in [0.15, 0.2) is 0 Å². The van der Waals surface area contributed by atoms with Gasteiger partial charge < -0.3 is 14.8 Å². The first-order valence-corrected chi connectivity index (χ1v) is 7.69. The Balaban J connectivity index is 1.98. The number of piperidine rings is 1. The van der Waals surface area contributed by atoms with Gasteiger partial charge in [0.25, 0.3) is 11.2 Å². The van der Waals surface area contributed by atoms with E-state index >= 15 is 0 Å². The van der Waals surface area contributed by atoms with Gasteiger partial charge in [0.1, 0.15) is 5.82 Å². The highest BCUT2D eigenvalue weighted by molar-refractivity contribution is 5.91. The largest absolute Gasteiger partial charge is 0.358 e. The van der Waals surface area contributed by atoms with E-state index in [1.54, 1.807) is 12.1 Å². The van der Waals surface area contributed by atoms with Crippen molar-refractivity contribution >= 4 is 22.3 Å². The van der Waals surface area contributed by atoms with Crippen molar-refractivity contribution in [3.63, 3.8) is 0 Å². The van der Waals surface area contributed by atoms with E-state index in [1.807, 2.05) is 0 Å². The molecule has 0 radical (unpaired) electrons. The number of nitro benzene ring substituents is 1. The Bertz CT molecular complexity index is 792. The Morgan fingerprint density at radius 2 is 1.96 bits per heavy atom. The molecule has 1 saturated heterocycles. The highest BCUT2D eigenvalue weighted by Gasteiger charge is 2.22. The minimum atomic E-state index is -0.441. The lowest BCUT2D eigenvalue weighted by Gasteiger charge is -2.36. The molecule has 122 valence electrons. The second-order valence-electron chi connectivity index (χ2n) is 6.16. The third kappa shape index (κ3) is 2.92. The topological polar surface area (TPSA) is 82.5 Å². The molecule has 0 saturated carbocycles. The normalized spacial score (nSPS) is 16.2. The monoisotopic (exact) mass is 316 g/mol. The molecule has 0 unspecified atom stereocenters. The van der Waals surface area contributed by atoms with Crippen molar-refractivity contribution in [2.24, 2.45) is 0 Å². The summed E-state index contributed by atoms with van der Waals surface area (Å²) in [6.07, 6.45) is 2.01. The molecular weight excluding hydrogens is 296 g/mol. The lowest BCUT2D eigenvalue weighted by Crippen LogP contribution is -2.42. The minimum Gasteiger partial charge on any atom is -0.358 e. The number of hydrogen-bond acceptors (Lipinski definition) is 5. The van der Waals surface area contributed by atoms with Crippen molar-refractivity contribution < 1.29 is 4.92 Å². The van der Waals surface area contributed by atoms with Crippen LogP contribution in [0.25, 0.3) is 10.8 Å². The van der Waals surface area contributed by atoms with E-state index in [-0.39, 0.29) is 11.2 Å². The molecule has 0 amide bonds. The predicted molar refractivity (Wildman–Crippen MR) is 90.1 cm³/mol. The maximum Gasteiger partial charge on any atom is 0.277 e. The quantitative estimate of drug-likeness (QED) is 0.691. The molecule has 1 fully saturated rings. The van der Waals surface area contributed by atoms with Crippen LogP contribution in [0.15, 0.2) is 29.1 Å². The third-order valence-electron chi connectivity index (χ3n) is 4.58. The third-order valence-corrected chi connectivity index (χ3v) is 4.58. The SMILES string of the molecule is CN(C)C1CCN(c2cc3c([N+](=O)[O-])cccc3c(=O)[nH]2)CC1. The molecule has 2 heterocycles. The van der Waals surface area contributed by atoms with E-state index < -0.39 is 4.92 Å². The van der Waals surface area contributed by atoms with Crippen LogP contribution in [0, 0.1) is 10.1 Å². The lowest BCUT2D eigenvalue weighted by atomic mass is 10.0. The Hall–Kier alpha value is -2.41. The average molecular weight is 316 g/mol. The zero-order valence-electron chi connectivity index (χ0n) is 13.3. The number of nitrogens with one attached hydrogen (secondary N) is 1. The van der Waals surface area contributed by atoms with Gasteiger partial charge in [0, 0.05) is 25.2 Å². The number of hydrogen-bond donors (Lipinski definition) is 1. The Labute approximate surface area is 133 Å². The molecule has 1 aliphatic heterocycles. The zero-order valence-corrected chi connectivity index (χ0v) is 13.3. The van der Waals surface area contributed by atoms with Gasteiger partial charge in [-0.25, -0.2) is 0 Å². The van der Waals surface area contributed by atoms with Crippen LogP contribution < -0.4 is 10.5 Å². The number of non-ortho nitro benzene ring substituents is 1. The Kier molecular flexibility index (Phi) is 4.04. The maximum atomic E-state index is 12.3. The molecule has 1 N–H and O–H groups in total. The molecule has 0 aliphatic carbocycles. The minimum absolute atomic E-state index is 0.0296. The van der Waals surface area contributed by atoms with Gasteiger partial charge in [-0.15, -0.1) is 0 Å². The average Bonchev–Trinajstić information content (AvgIpc) is 2.54. The van der Waals surface area contributed by atoms with Crippen molar-refractivity contribution in [3.8, 4) is 0 Å². The summed E-state index contributed by atoms with van der Waals surface area (Å²) in [5.74, 6) is 0.661. The fraction of sp³-hybridized carbons (Fsp3) is 0.438. The summed E-state index contributed by atoms with van der Waals surface area (Å²) in [7, 11) is 4.14. The summed E-state index contributed by atoms with van der Waals surface area (Å²) in [4.78, 5) is 30.2. The van der Waals surface area contributed by atoms with Crippen molar-refractivity contribution in [1.82, 2.24) is 9.88 Å². The van der Waals surface area contributed by atoms with E-state index in [1.165, 1.54) is 12.1 Å². The number of fused-ring (bicyclic) bond motifs is 1. The van der Waals surface area contributed by atoms with Gasteiger partial charge in [-0.2, -0.15) is 0 Å². The number of nitrogens with zero attached hydrogens (tertiary/aromatic N) is 3. The lowest BCUT2D eigenvalue weighted by molar-refractivity contribution is -0.383. The second-order valence-corrected chi connectivity index (χ2v) is 6.16. The predicted octanol–water partition coefficient (Wildman–Crippen LogP) is 1.97. The molecule has 1 aromatic carbocycles. The molecule has 1 aliphatic rings. The highest BCUT2D eigenvalue weighted by atomic mass is 16.6. The standard InChI is InChI=1S/C16H20N4O3/c1-18(2)11-6-8-19(9-7-11)15-10-13-12(16(21)17-15)4-3-5-14(13)20(22)23/h3-5,10-11H,6-9H2,1-2H3,(H,17,21). The molecule has 0 spiro atoms. The van der Waals surface area contributed by atoms with Gasteiger partial charge in [-0.05, 0) is 39.1 Å². The van der Waals surface area contributed by atoms with E-state index in [0.717, 1.165) is 25.9 Å². The van der Waals surface area contributed by atoms with E-state index in [4.69, 9.17) is 0 Å². The van der Waals surface area contributed by atoms with Crippen LogP contribution in [0.1, 0.15) is 12.8 Å². The van der Waals surface area contributed by atoms with Crippen molar-refractivity contribution in [3.05, 3.63) is 44.7 Å². The fourth-order valence-corrected chi connectivity index (χ4v) is 3.21. The van der Waals surface area contributed by atoms with E-state index in [0.29, 0.717) is 22.6 Å². The van der Waals surface area contributed by atoms with Crippen LogP contribution in [0.2, 0.25) is 0 Å². The Morgan fingerprint density at radius 1 is 1.26 bits per heavy atom. The van der Waals surface area contributed by atoms with Gasteiger partial charge in [-0.1, -0.05) is 6.07 Å². The molecule has 0 bridgehead atoms. The Morgan fingerprint density at radius 3 is 2.57 bits per heavy atom.